The summed E-state index contributed by atoms with van der Waals surface area (Å²) in [6.07, 6.45) is 0. The van der Waals surface area contributed by atoms with Gasteiger partial charge in [-0.05, 0) is 12.1 Å². The topological polar surface area (TPSA) is 46.3 Å². The van der Waals surface area contributed by atoms with Gasteiger partial charge in [0.25, 0.3) is 0 Å². The Kier molecular flexibility index (Phi) is 1.96. The molecule has 2 rings (SSSR count). The van der Waals surface area contributed by atoms with Crippen LogP contribution in [0.1, 0.15) is 5.76 Å². The molecule has 0 aliphatic carbocycles. The minimum absolute atomic E-state index is 0.116. The van der Waals surface area contributed by atoms with E-state index < -0.39 is 5.82 Å². The molecule has 0 fully saturated rings. The van der Waals surface area contributed by atoms with Crippen LogP contribution in [0.5, 0.6) is 5.75 Å². The normalized spacial score (nSPS) is 10.4. The molecule has 0 unspecified atom stereocenters. The first-order valence-electron chi connectivity index (χ1n) is 4.10. The van der Waals surface area contributed by atoms with Crippen molar-refractivity contribution in [2.45, 2.75) is 6.92 Å². The zero-order valence-electron chi connectivity index (χ0n) is 7.49. The fraction of sp³-hybridized carbons (Fsp3) is 0.100. The Morgan fingerprint density at radius 1 is 1.36 bits per heavy atom. The molecule has 0 bridgehead atoms. The van der Waals surface area contributed by atoms with Gasteiger partial charge in [0.15, 0.2) is 17.2 Å². The van der Waals surface area contributed by atoms with Crippen LogP contribution < -0.4 is 0 Å². The molecule has 0 spiro atoms. The van der Waals surface area contributed by atoms with Crippen molar-refractivity contribution in [3.63, 3.8) is 0 Å². The summed E-state index contributed by atoms with van der Waals surface area (Å²) in [6, 6.07) is 6.08. The minimum Gasteiger partial charge on any atom is -0.503 e. The highest BCUT2D eigenvalue weighted by atomic mass is 19.1. The predicted octanol–water partition coefficient (Wildman–Crippen LogP) is 2.49. The van der Waals surface area contributed by atoms with Gasteiger partial charge in [-0.15, -0.1) is 0 Å². The van der Waals surface area contributed by atoms with E-state index in [-0.39, 0.29) is 22.8 Å². The smallest absolute Gasteiger partial charge is 0.186 e. The average molecular weight is 193 g/mol. The molecule has 0 saturated heterocycles. The van der Waals surface area contributed by atoms with Gasteiger partial charge < -0.3 is 9.63 Å². The summed E-state index contributed by atoms with van der Waals surface area (Å²) in [6.45, 7) is 1.56. The number of aromatic hydroxyl groups is 1. The zero-order valence-corrected chi connectivity index (χ0v) is 7.49. The maximum Gasteiger partial charge on any atom is 0.186 e. The van der Waals surface area contributed by atoms with E-state index in [1.54, 1.807) is 19.1 Å². The van der Waals surface area contributed by atoms with Crippen LogP contribution in [-0.2, 0) is 0 Å². The van der Waals surface area contributed by atoms with Gasteiger partial charge >= 0.3 is 0 Å². The highest BCUT2D eigenvalue weighted by molar-refractivity contribution is 5.66. The van der Waals surface area contributed by atoms with Gasteiger partial charge in [-0.3, -0.25) is 0 Å². The van der Waals surface area contributed by atoms with Crippen LogP contribution >= 0.6 is 0 Å². The highest BCUT2D eigenvalue weighted by Gasteiger charge is 2.15. The molecular formula is C10H8FNO2. The SMILES string of the molecule is Cc1onc(-c2ccccc2F)c1O. The Morgan fingerprint density at radius 2 is 2.07 bits per heavy atom. The molecule has 0 saturated carbocycles. The van der Waals surface area contributed by atoms with E-state index in [1.807, 2.05) is 0 Å². The number of aryl methyl sites for hydroxylation is 1. The van der Waals surface area contributed by atoms with E-state index >= 15 is 0 Å². The quantitative estimate of drug-likeness (QED) is 0.756. The molecule has 1 aromatic heterocycles. The van der Waals surface area contributed by atoms with Gasteiger partial charge in [-0.2, -0.15) is 0 Å². The molecule has 3 nitrogen and oxygen atoms in total. The average Bonchev–Trinajstić information content (AvgIpc) is 2.49. The Hall–Kier alpha value is -1.84. The van der Waals surface area contributed by atoms with E-state index in [0.29, 0.717) is 0 Å². The second-order valence-corrected chi connectivity index (χ2v) is 2.92. The van der Waals surface area contributed by atoms with Gasteiger partial charge in [0.2, 0.25) is 0 Å². The van der Waals surface area contributed by atoms with Gasteiger partial charge in [0, 0.05) is 12.5 Å². The number of hydrogen-bond donors (Lipinski definition) is 1. The molecule has 2 aromatic rings. The van der Waals surface area contributed by atoms with E-state index in [0.717, 1.165) is 0 Å². The lowest BCUT2D eigenvalue weighted by atomic mass is 10.1. The zero-order chi connectivity index (χ0) is 10.1. The number of aromatic nitrogens is 1. The lowest BCUT2D eigenvalue weighted by molar-refractivity contribution is 0.384. The first-order valence-corrected chi connectivity index (χ1v) is 4.10. The molecule has 0 aliphatic heterocycles. The Bertz CT molecular complexity index is 465. The first kappa shape index (κ1) is 8.74. The van der Waals surface area contributed by atoms with E-state index in [9.17, 15) is 9.50 Å². The molecule has 4 heteroatoms. The van der Waals surface area contributed by atoms with Crippen molar-refractivity contribution >= 4 is 0 Å². The standard InChI is InChI=1S/C10H8FNO2/c1-6-10(13)9(12-14-6)7-4-2-3-5-8(7)11/h2-5,13H,1H3. The van der Waals surface area contributed by atoms with Gasteiger partial charge in [0.05, 0.1) is 0 Å². The summed E-state index contributed by atoms with van der Waals surface area (Å²) in [5.41, 5.74) is 0.377. The van der Waals surface area contributed by atoms with Crippen molar-refractivity contribution in [2.75, 3.05) is 0 Å². The summed E-state index contributed by atoms with van der Waals surface area (Å²) in [5.74, 6) is -0.269. The molecule has 1 heterocycles. The number of hydrogen-bond acceptors (Lipinski definition) is 3. The largest absolute Gasteiger partial charge is 0.503 e. The van der Waals surface area contributed by atoms with Crippen molar-refractivity contribution < 1.29 is 14.0 Å². The third-order valence-corrected chi connectivity index (χ3v) is 1.96. The molecule has 0 atom stereocenters. The van der Waals surface area contributed by atoms with Crippen molar-refractivity contribution in [1.82, 2.24) is 5.16 Å². The molecule has 0 aliphatic rings. The Labute approximate surface area is 79.8 Å². The molecule has 72 valence electrons. The summed E-state index contributed by atoms with van der Waals surface area (Å²) in [7, 11) is 0. The van der Waals surface area contributed by atoms with Crippen LogP contribution in [0.15, 0.2) is 28.8 Å². The van der Waals surface area contributed by atoms with E-state index in [2.05, 4.69) is 5.16 Å². The summed E-state index contributed by atoms with van der Waals surface area (Å²) in [5, 5.41) is 13.1. The predicted molar refractivity (Wildman–Crippen MR) is 48.3 cm³/mol. The second-order valence-electron chi connectivity index (χ2n) is 2.92. The third kappa shape index (κ3) is 1.25. The van der Waals surface area contributed by atoms with Gasteiger partial charge in [-0.25, -0.2) is 4.39 Å². The van der Waals surface area contributed by atoms with Crippen molar-refractivity contribution in [1.29, 1.82) is 0 Å². The maximum absolute atomic E-state index is 13.3. The number of halogens is 1. The van der Waals surface area contributed by atoms with E-state index in [4.69, 9.17) is 4.52 Å². The Balaban J connectivity index is 2.60. The van der Waals surface area contributed by atoms with Crippen LogP contribution in [-0.4, -0.2) is 10.3 Å². The van der Waals surface area contributed by atoms with Crippen LogP contribution in [0.3, 0.4) is 0 Å². The van der Waals surface area contributed by atoms with Crippen molar-refractivity contribution in [3.05, 3.63) is 35.8 Å². The molecule has 0 radical (unpaired) electrons. The maximum atomic E-state index is 13.3. The minimum atomic E-state index is -0.434. The molecule has 1 aromatic carbocycles. The van der Waals surface area contributed by atoms with E-state index in [1.165, 1.54) is 12.1 Å². The lowest BCUT2D eigenvalue weighted by Crippen LogP contribution is -1.83. The number of rotatable bonds is 1. The Morgan fingerprint density at radius 3 is 2.64 bits per heavy atom. The number of benzene rings is 1. The molecule has 14 heavy (non-hydrogen) atoms. The van der Waals surface area contributed by atoms with Crippen LogP contribution in [0.2, 0.25) is 0 Å². The summed E-state index contributed by atoms with van der Waals surface area (Å²) >= 11 is 0. The fourth-order valence-electron chi connectivity index (χ4n) is 1.20. The number of nitrogens with zero attached hydrogens (tertiary/aromatic N) is 1. The van der Waals surface area contributed by atoms with Crippen molar-refractivity contribution in [3.8, 4) is 17.0 Å². The summed E-state index contributed by atoms with van der Waals surface area (Å²) in [4.78, 5) is 0. The molecule has 1 N–H and O–H groups in total. The first-order chi connectivity index (χ1) is 6.70. The monoisotopic (exact) mass is 193 g/mol. The second kappa shape index (κ2) is 3.14. The van der Waals surface area contributed by atoms with Gasteiger partial charge in [0.1, 0.15) is 5.82 Å². The van der Waals surface area contributed by atoms with Crippen molar-refractivity contribution in [2.24, 2.45) is 0 Å². The lowest BCUT2D eigenvalue weighted by Gasteiger charge is -1.97. The highest BCUT2D eigenvalue weighted by Crippen LogP contribution is 2.31. The molecule has 0 amide bonds. The fourth-order valence-corrected chi connectivity index (χ4v) is 1.20. The van der Waals surface area contributed by atoms with Crippen LogP contribution in [0.4, 0.5) is 4.39 Å². The molecular weight excluding hydrogens is 185 g/mol. The third-order valence-electron chi connectivity index (χ3n) is 1.96. The summed E-state index contributed by atoms with van der Waals surface area (Å²) < 4.78 is 18.0. The van der Waals surface area contributed by atoms with Crippen LogP contribution in [0.25, 0.3) is 11.3 Å². The van der Waals surface area contributed by atoms with Crippen LogP contribution in [0, 0.1) is 12.7 Å². The van der Waals surface area contributed by atoms with Gasteiger partial charge in [-0.1, -0.05) is 17.3 Å².